The molecular weight excluding hydrogens is 450 g/mol. The Kier molecular flexibility index (Phi) is 5.53. The van der Waals surface area contributed by atoms with Crippen molar-refractivity contribution in [1.29, 1.82) is 0 Å². The first-order valence-corrected chi connectivity index (χ1v) is 12.4. The third-order valence-electron chi connectivity index (χ3n) is 7.41. The first kappa shape index (κ1) is 22.4. The Hall–Kier alpha value is -4.03. The minimum atomic E-state index is -0.226. The Morgan fingerprint density at radius 2 is 1.47 bits per heavy atom. The van der Waals surface area contributed by atoms with Gasteiger partial charge in [0.25, 0.3) is 0 Å². The van der Waals surface area contributed by atoms with E-state index in [0.717, 1.165) is 51.3 Å². The number of carbonyl (C=O) groups is 3. The van der Waals surface area contributed by atoms with Gasteiger partial charge in [-0.1, -0.05) is 60.7 Å². The van der Waals surface area contributed by atoms with Crippen molar-refractivity contribution in [1.82, 2.24) is 9.80 Å². The van der Waals surface area contributed by atoms with Gasteiger partial charge in [0.05, 0.1) is 0 Å². The first-order valence-electron chi connectivity index (χ1n) is 12.4. The number of hydrogen-bond donors (Lipinski definition) is 1. The molecule has 0 unspecified atom stereocenters. The number of benzene rings is 4. The van der Waals surface area contributed by atoms with E-state index in [9.17, 15) is 14.4 Å². The Labute approximate surface area is 209 Å². The van der Waals surface area contributed by atoms with E-state index in [-0.39, 0.29) is 30.4 Å². The van der Waals surface area contributed by atoms with Crippen molar-refractivity contribution in [2.75, 3.05) is 38.5 Å². The molecule has 4 aromatic carbocycles. The molecule has 2 amide bonds. The monoisotopic (exact) mass is 477 g/mol. The predicted octanol–water partition coefficient (Wildman–Crippen LogP) is 4.70. The number of nitrogens with one attached hydrogen (secondary N) is 1. The van der Waals surface area contributed by atoms with Gasteiger partial charge in [-0.25, -0.2) is 0 Å². The van der Waals surface area contributed by atoms with Crippen molar-refractivity contribution < 1.29 is 14.4 Å². The minimum absolute atomic E-state index is 0.00886. The van der Waals surface area contributed by atoms with Gasteiger partial charge in [-0.15, -0.1) is 0 Å². The van der Waals surface area contributed by atoms with E-state index in [1.165, 1.54) is 0 Å². The van der Waals surface area contributed by atoms with Crippen LogP contribution in [-0.2, 0) is 9.59 Å². The number of rotatable bonds is 4. The zero-order valence-electron chi connectivity index (χ0n) is 20.2. The van der Waals surface area contributed by atoms with Crippen molar-refractivity contribution in [3.8, 4) is 11.1 Å². The Balaban J connectivity index is 1.30. The topological polar surface area (TPSA) is 69.7 Å². The number of anilines is 1. The SMILES string of the molecule is CN1CCN(C(=O)CCC(=O)Nc2cc3c(c4ccccc24)-c2ccc4ccccc4c2C3=O)CC1. The molecule has 180 valence electrons. The van der Waals surface area contributed by atoms with Crippen LogP contribution in [0.25, 0.3) is 32.7 Å². The highest BCUT2D eigenvalue weighted by Gasteiger charge is 2.31. The summed E-state index contributed by atoms with van der Waals surface area (Å²) in [6.45, 7) is 3.10. The lowest BCUT2D eigenvalue weighted by Crippen LogP contribution is -2.47. The first-order chi connectivity index (χ1) is 17.5. The van der Waals surface area contributed by atoms with Gasteiger partial charge in [0.15, 0.2) is 5.78 Å². The normalized spacial score (nSPS) is 15.2. The standard InChI is InChI=1S/C30H27N3O3/c1-32-14-16-33(17-15-32)27(35)13-12-26(34)31-25-18-24-28(22-9-5-4-8-21(22)25)23-11-10-19-6-2-3-7-20(19)29(23)30(24)36/h2-11,18H,12-17H2,1H3,(H,31,34). The number of nitrogens with zero attached hydrogens (tertiary/aromatic N) is 2. The number of carbonyl (C=O) groups excluding carboxylic acids is 3. The van der Waals surface area contributed by atoms with Crippen LogP contribution in [0, 0.1) is 0 Å². The summed E-state index contributed by atoms with van der Waals surface area (Å²) in [5.41, 5.74) is 3.77. The molecule has 1 aliphatic carbocycles. The molecule has 0 radical (unpaired) electrons. The zero-order valence-corrected chi connectivity index (χ0v) is 20.2. The molecule has 36 heavy (non-hydrogen) atoms. The second-order valence-corrected chi connectivity index (χ2v) is 9.66. The van der Waals surface area contributed by atoms with Crippen molar-refractivity contribution in [2.45, 2.75) is 12.8 Å². The molecule has 2 aliphatic rings. The smallest absolute Gasteiger partial charge is 0.224 e. The summed E-state index contributed by atoms with van der Waals surface area (Å²) in [5, 5.41) is 6.77. The van der Waals surface area contributed by atoms with Gasteiger partial charge < -0.3 is 15.1 Å². The quantitative estimate of drug-likeness (QED) is 0.408. The van der Waals surface area contributed by atoms with E-state index in [1.54, 1.807) is 6.07 Å². The highest BCUT2D eigenvalue weighted by Crippen LogP contribution is 2.46. The molecule has 0 spiro atoms. The van der Waals surface area contributed by atoms with Gasteiger partial charge in [-0.2, -0.15) is 0 Å². The second-order valence-electron chi connectivity index (χ2n) is 9.66. The van der Waals surface area contributed by atoms with Crippen LogP contribution < -0.4 is 5.32 Å². The molecule has 1 aliphatic heterocycles. The van der Waals surface area contributed by atoms with E-state index in [4.69, 9.17) is 0 Å². The zero-order chi connectivity index (χ0) is 24.8. The lowest BCUT2D eigenvalue weighted by atomic mass is 9.95. The average molecular weight is 478 g/mol. The van der Waals surface area contributed by atoms with Gasteiger partial charge in [0.2, 0.25) is 11.8 Å². The second kappa shape index (κ2) is 8.88. The lowest BCUT2D eigenvalue weighted by Gasteiger charge is -2.32. The molecule has 6 heteroatoms. The predicted molar refractivity (Wildman–Crippen MR) is 142 cm³/mol. The van der Waals surface area contributed by atoms with E-state index < -0.39 is 0 Å². The van der Waals surface area contributed by atoms with E-state index >= 15 is 0 Å². The number of piperazine rings is 1. The van der Waals surface area contributed by atoms with Crippen LogP contribution in [-0.4, -0.2) is 60.6 Å². The summed E-state index contributed by atoms with van der Waals surface area (Å²) in [6.07, 6.45) is 0.282. The number of amides is 2. The van der Waals surface area contributed by atoms with Crippen LogP contribution in [0.1, 0.15) is 28.8 Å². The van der Waals surface area contributed by atoms with Gasteiger partial charge in [-0.3, -0.25) is 14.4 Å². The maximum atomic E-state index is 13.6. The average Bonchev–Trinajstić information content (AvgIpc) is 3.20. The van der Waals surface area contributed by atoms with Crippen molar-refractivity contribution in [2.24, 2.45) is 0 Å². The maximum Gasteiger partial charge on any atom is 0.224 e. The van der Waals surface area contributed by atoms with Crippen LogP contribution in [0.2, 0.25) is 0 Å². The fraction of sp³-hybridized carbons (Fsp3) is 0.233. The van der Waals surface area contributed by atoms with E-state index in [0.29, 0.717) is 24.3 Å². The van der Waals surface area contributed by atoms with Crippen LogP contribution in [0.4, 0.5) is 5.69 Å². The summed E-state index contributed by atoms with van der Waals surface area (Å²) in [4.78, 5) is 43.1. The molecule has 6 nitrogen and oxygen atoms in total. The Morgan fingerprint density at radius 3 is 2.25 bits per heavy atom. The lowest BCUT2D eigenvalue weighted by molar-refractivity contribution is -0.134. The summed E-state index contributed by atoms with van der Waals surface area (Å²) in [7, 11) is 2.04. The maximum absolute atomic E-state index is 13.6. The highest BCUT2D eigenvalue weighted by atomic mass is 16.2. The molecule has 1 N–H and O–H groups in total. The summed E-state index contributed by atoms with van der Waals surface area (Å²) in [5.74, 6) is -0.242. The molecule has 1 saturated heterocycles. The van der Waals surface area contributed by atoms with Crippen LogP contribution in [0.3, 0.4) is 0 Å². The third kappa shape index (κ3) is 3.74. The van der Waals surface area contributed by atoms with Gasteiger partial charge in [0, 0.05) is 66.8 Å². The molecular formula is C30H27N3O3. The van der Waals surface area contributed by atoms with Crippen molar-refractivity contribution >= 4 is 44.8 Å². The molecule has 0 bridgehead atoms. The summed E-state index contributed by atoms with van der Waals surface area (Å²) in [6, 6.07) is 21.6. The number of likely N-dealkylation sites (N-methyl/N-ethyl adjacent to an activating group) is 1. The molecule has 6 rings (SSSR count). The fourth-order valence-corrected chi connectivity index (χ4v) is 5.45. The summed E-state index contributed by atoms with van der Waals surface area (Å²) < 4.78 is 0. The van der Waals surface area contributed by atoms with Gasteiger partial charge >= 0.3 is 0 Å². The molecule has 0 atom stereocenters. The molecule has 1 heterocycles. The minimum Gasteiger partial charge on any atom is -0.340 e. The van der Waals surface area contributed by atoms with E-state index in [1.807, 2.05) is 66.5 Å². The number of ketones is 1. The molecule has 0 saturated carbocycles. The highest BCUT2D eigenvalue weighted by molar-refractivity contribution is 6.31. The Bertz CT molecular complexity index is 1550. The number of fused-ring (bicyclic) bond motifs is 7. The largest absolute Gasteiger partial charge is 0.340 e. The Morgan fingerprint density at radius 1 is 0.778 bits per heavy atom. The van der Waals surface area contributed by atoms with Crippen LogP contribution >= 0.6 is 0 Å². The van der Waals surface area contributed by atoms with Crippen LogP contribution in [0.15, 0.2) is 66.7 Å². The van der Waals surface area contributed by atoms with Crippen molar-refractivity contribution in [3.05, 3.63) is 77.9 Å². The fourth-order valence-electron chi connectivity index (χ4n) is 5.45. The molecule has 4 aromatic rings. The number of hydrogen-bond acceptors (Lipinski definition) is 4. The van der Waals surface area contributed by atoms with Crippen LogP contribution in [0.5, 0.6) is 0 Å². The van der Waals surface area contributed by atoms with E-state index in [2.05, 4.69) is 16.3 Å². The van der Waals surface area contributed by atoms with Gasteiger partial charge in [-0.05, 0) is 34.8 Å². The molecule has 0 aromatic heterocycles. The van der Waals surface area contributed by atoms with Crippen molar-refractivity contribution in [3.63, 3.8) is 0 Å². The molecule has 1 fully saturated rings. The third-order valence-corrected chi connectivity index (χ3v) is 7.41. The van der Waals surface area contributed by atoms with Gasteiger partial charge in [0.1, 0.15) is 0 Å². The summed E-state index contributed by atoms with van der Waals surface area (Å²) >= 11 is 0.